The lowest BCUT2D eigenvalue weighted by atomic mass is 10.2. The molecule has 33 heavy (non-hydrogen) atoms. The number of thioether (sulfide) groups is 1. The topological polar surface area (TPSA) is 61.5 Å². The Balaban J connectivity index is 1.41. The summed E-state index contributed by atoms with van der Waals surface area (Å²) in [6, 6.07) is 20.9. The third kappa shape index (κ3) is 6.28. The quantitative estimate of drug-likeness (QED) is 0.199. The molecule has 1 aromatic heterocycles. The third-order valence-corrected chi connectivity index (χ3v) is 6.24. The molecule has 0 unspecified atom stereocenters. The molecular formula is C24H20Cl2N4O2S. The van der Waals surface area contributed by atoms with Crippen molar-refractivity contribution in [3.8, 4) is 11.5 Å². The van der Waals surface area contributed by atoms with Gasteiger partial charge in [-0.15, -0.1) is 10.2 Å². The molecule has 0 aliphatic carbocycles. The number of benzene rings is 3. The van der Waals surface area contributed by atoms with E-state index in [1.54, 1.807) is 24.3 Å². The van der Waals surface area contributed by atoms with Crippen LogP contribution in [0, 0.1) is 0 Å². The highest BCUT2D eigenvalue weighted by Crippen LogP contribution is 2.29. The van der Waals surface area contributed by atoms with E-state index in [0.717, 1.165) is 21.7 Å². The Morgan fingerprint density at radius 2 is 1.85 bits per heavy atom. The van der Waals surface area contributed by atoms with Crippen molar-refractivity contribution < 1.29 is 9.47 Å². The first-order valence-electron chi connectivity index (χ1n) is 9.98. The van der Waals surface area contributed by atoms with Gasteiger partial charge in [0.15, 0.2) is 11.5 Å². The normalized spacial score (nSPS) is 11.1. The second-order valence-corrected chi connectivity index (χ2v) is 8.69. The van der Waals surface area contributed by atoms with E-state index in [2.05, 4.69) is 15.3 Å². The zero-order chi connectivity index (χ0) is 23.0. The number of hydrogen-bond acceptors (Lipinski definition) is 6. The summed E-state index contributed by atoms with van der Waals surface area (Å²) in [6.07, 6.45) is 3.28. The fraction of sp³-hybridized carbons (Fsp3) is 0.125. The van der Waals surface area contributed by atoms with Crippen molar-refractivity contribution >= 4 is 41.2 Å². The average Bonchev–Trinajstić information content (AvgIpc) is 3.29. The first-order valence-corrected chi connectivity index (χ1v) is 11.7. The summed E-state index contributed by atoms with van der Waals surface area (Å²) in [5.74, 6) is 1.93. The predicted molar refractivity (Wildman–Crippen MR) is 133 cm³/mol. The van der Waals surface area contributed by atoms with E-state index >= 15 is 0 Å². The molecule has 1 heterocycles. The second kappa shape index (κ2) is 11.2. The molecule has 0 spiro atoms. The molecule has 0 N–H and O–H groups in total. The number of aromatic nitrogens is 3. The standard InChI is InChI=1S/C24H20Cl2N4O2S/c1-31-23-12-18(8-11-22(23)32-14-17-6-9-20(25)10-7-17)13-28-30-16-27-29-24(30)33-15-19-4-2-3-5-21(19)26/h2-13,16H,14-15H2,1H3/b28-13+. The Morgan fingerprint density at radius 1 is 1.03 bits per heavy atom. The molecule has 4 rings (SSSR count). The molecule has 3 aromatic carbocycles. The number of hydrogen-bond donors (Lipinski definition) is 0. The van der Waals surface area contributed by atoms with E-state index in [1.807, 2.05) is 66.7 Å². The largest absolute Gasteiger partial charge is 0.493 e. The lowest BCUT2D eigenvalue weighted by Gasteiger charge is -2.11. The zero-order valence-electron chi connectivity index (χ0n) is 17.7. The minimum absolute atomic E-state index is 0.410. The molecule has 6 nitrogen and oxygen atoms in total. The SMILES string of the molecule is COc1cc(/C=N/n2cnnc2SCc2ccccc2Cl)ccc1OCc1ccc(Cl)cc1. The number of rotatable bonds is 9. The monoisotopic (exact) mass is 498 g/mol. The van der Waals surface area contributed by atoms with Crippen LogP contribution in [0.5, 0.6) is 11.5 Å². The van der Waals surface area contributed by atoms with Gasteiger partial charge < -0.3 is 9.47 Å². The van der Waals surface area contributed by atoms with Gasteiger partial charge in [-0.25, -0.2) is 0 Å². The molecule has 0 atom stereocenters. The van der Waals surface area contributed by atoms with Crippen molar-refractivity contribution in [2.24, 2.45) is 5.10 Å². The highest BCUT2D eigenvalue weighted by atomic mass is 35.5. The number of halogens is 2. The van der Waals surface area contributed by atoms with Crippen molar-refractivity contribution in [2.45, 2.75) is 17.5 Å². The molecule has 0 amide bonds. The third-order valence-electron chi connectivity index (χ3n) is 4.64. The fourth-order valence-electron chi connectivity index (χ4n) is 2.91. The number of nitrogens with zero attached hydrogens (tertiary/aromatic N) is 4. The lowest BCUT2D eigenvalue weighted by molar-refractivity contribution is 0.284. The molecule has 4 aromatic rings. The maximum Gasteiger partial charge on any atom is 0.212 e. The van der Waals surface area contributed by atoms with Crippen molar-refractivity contribution in [2.75, 3.05) is 7.11 Å². The second-order valence-electron chi connectivity index (χ2n) is 6.91. The zero-order valence-corrected chi connectivity index (χ0v) is 20.0. The summed E-state index contributed by atoms with van der Waals surface area (Å²) in [4.78, 5) is 0. The van der Waals surface area contributed by atoms with Crippen molar-refractivity contribution in [3.05, 3.63) is 99.8 Å². The number of methoxy groups -OCH3 is 1. The summed E-state index contributed by atoms with van der Waals surface area (Å²) in [6.45, 7) is 0.410. The molecule has 0 fully saturated rings. The molecule has 0 saturated heterocycles. The fourth-order valence-corrected chi connectivity index (χ4v) is 4.18. The summed E-state index contributed by atoms with van der Waals surface area (Å²) < 4.78 is 13.0. The van der Waals surface area contributed by atoms with Crippen molar-refractivity contribution in [3.63, 3.8) is 0 Å². The van der Waals surface area contributed by atoms with Crippen LogP contribution in [0.3, 0.4) is 0 Å². The van der Waals surface area contributed by atoms with Crippen LogP contribution >= 0.6 is 35.0 Å². The van der Waals surface area contributed by atoms with Crippen LogP contribution in [-0.4, -0.2) is 28.2 Å². The van der Waals surface area contributed by atoms with Crippen LogP contribution in [0.2, 0.25) is 10.0 Å². The number of ether oxygens (including phenoxy) is 2. The van der Waals surface area contributed by atoms with Crippen LogP contribution in [0.15, 0.2) is 83.3 Å². The first-order chi connectivity index (χ1) is 16.1. The van der Waals surface area contributed by atoms with Crippen LogP contribution in [-0.2, 0) is 12.4 Å². The summed E-state index contributed by atoms with van der Waals surface area (Å²) in [5, 5.41) is 14.7. The van der Waals surface area contributed by atoms with E-state index < -0.39 is 0 Å². The van der Waals surface area contributed by atoms with E-state index in [-0.39, 0.29) is 0 Å². The van der Waals surface area contributed by atoms with Gasteiger partial charge in [0.1, 0.15) is 12.9 Å². The molecule has 9 heteroatoms. The molecule has 0 radical (unpaired) electrons. The minimum atomic E-state index is 0.410. The molecule has 0 bridgehead atoms. The van der Waals surface area contributed by atoms with Crippen LogP contribution in [0.25, 0.3) is 0 Å². The smallest absolute Gasteiger partial charge is 0.212 e. The Morgan fingerprint density at radius 3 is 2.64 bits per heavy atom. The van der Waals surface area contributed by atoms with Crippen LogP contribution in [0.4, 0.5) is 0 Å². The highest BCUT2D eigenvalue weighted by molar-refractivity contribution is 7.98. The molecule has 0 aliphatic rings. The van der Waals surface area contributed by atoms with Gasteiger partial charge in [0.25, 0.3) is 0 Å². The van der Waals surface area contributed by atoms with E-state index in [4.69, 9.17) is 32.7 Å². The summed E-state index contributed by atoms with van der Waals surface area (Å²) >= 11 is 13.7. The average molecular weight is 499 g/mol. The van der Waals surface area contributed by atoms with Gasteiger partial charge in [-0.1, -0.05) is 65.3 Å². The summed E-state index contributed by atoms with van der Waals surface area (Å²) in [7, 11) is 1.61. The Kier molecular flexibility index (Phi) is 7.88. The van der Waals surface area contributed by atoms with Gasteiger partial charge in [-0.05, 0) is 53.1 Å². The maximum absolute atomic E-state index is 6.24. The van der Waals surface area contributed by atoms with Crippen LogP contribution in [0.1, 0.15) is 16.7 Å². The van der Waals surface area contributed by atoms with Gasteiger partial charge in [0.2, 0.25) is 5.16 Å². The van der Waals surface area contributed by atoms with Gasteiger partial charge in [-0.2, -0.15) is 9.78 Å². The minimum Gasteiger partial charge on any atom is -0.493 e. The van der Waals surface area contributed by atoms with E-state index in [9.17, 15) is 0 Å². The van der Waals surface area contributed by atoms with Gasteiger partial charge in [0.05, 0.1) is 13.3 Å². The Labute approximate surface area is 206 Å². The highest BCUT2D eigenvalue weighted by Gasteiger charge is 2.08. The molecular weight excluding hydrogens is 479 g/mol. The Bertz CT molecular complexity index is 1250. The summed E-state index contributed by atoms with van der Waals surface area (Å²) in [5.41, 5.74) is 2.89. The maximum atomic E-state index is 6.24. The van der Waals surface area contributed by atoms with Gasteiger partial charge in [0, 0.05) is 15.8 Å². The van der Waals surface area contributed by atoms with Gasteiger partial charge in [-0.3, -0.25) is 0 Å². The lowest BCUT2D eigenvalue weighted by Crippen LogP contribution is -1.99. The Hall–Kier alpha value is -3.00. The van der Waals surface area contributed by atoms with E-state index in [0.29, 0.717) is 34.0 Å². The molecule has 0 saturated carbocycles. The van der Waals surface area contributed by atoms with Crippen molar-refractivity contribution in [1.29, 1.82) is 0 Å². The van der Waals surface area contributed by atoms with Crippen molar-refractivity contribution in [1.82, 2.24) is 14.9 Å². The predicted octanol–water partition coefficient (Wildman–Crippen LogP) is 6.35. The molecule has 0 aliphatic heterocycles. The van der Waals surface area contributed by atoms with Crippen LogP contribution < -0.4 is 9.47 Å². The van der Waals surface area contributed by atoms with E-state index in [1.165, 1.54) is 11.8 Å². The molecule has 168 valence electrons. The first kappa shape index (κ1) is 23.2. The van der Waals surface area contributed by atoms with Gasteiger partial charge >= 0.3 is 0 Å².